The van der Waals surface area contributed by atoms with Crippen LogP contribution in [0.1, 0.15) is 27.7 Å². The summed E-state index contributed by atoms with van der Waals surface area (Å²) in [7, 11) is -0.321. The van der Waals surface area contributed by atoms with Crippen LogP contribution in [0.2, 0.25) is 0 Å². The Hall–Kier alpha value is -0.835. The number of hydrogen-bond donors (Lipinski definition) is 0. The molecule has 0 unspecified atom stereocenters. The Morgan fingerprint density at radius 3 is 2.05 bits per heavy atom. The van der Waals surface area contributed by atoms with Crippen LogP contribution in [0.3, 0.4) is 0 Å². The van der Waals surface area contributed by atoms with E-state index in [1.54, 1.807) is 0 Å². The second-order valence-electron chi connectivity index (χ2n) is 6.27. The summed E-state index contributed by atoms with van der Waals surface area (Å²) in [6.07, 6.45) is 0. The average molecular weight is 333 g/mol. The lowest BCUT2D eigenvalue weighted by molar-refractivity contribution is 0.00578. The van der Waals surface area contributed by atoms with E-state index < -0.39 is 0 Å². The first-order chi connectivity index (χ1) is 9.32. The van der Waals surface area contributed by atoms with Gasteiger partial charge < -0.3 is 9.31 Å². The van der Waals surface area contributed by atoms with Gasteiger partial charge in [0.05, 0.1) is 11.2 Å². The third kappa shape index (κ3) is 2.10. The Balaban J connectivity index is 2.11. The van der Waals surface area contributed by atoms with Crippen LogP contribution in [0.15, 0.2) is 40.9 Å². The molecule has 4 heteroatoms. The van der Waals surface area contributed by atoms with Gasteiger partial charge in [-0.25, -0.2) is 0 Å². The molecule has 2 nitrogen and oxygen atoms in total. The van der Waals surface area contributed by atoms with Crippen molar-refractivity contribution in [3.63, 3.8) is 0 Å². The summed E-state index contributed by atoms with van der Waals surface area (Å²) < 4.78 is 13.4. The third-order valence-corrected chi connectivity index (χ3v) is 5.10. The molecule has 1 aliphatic rings. The predicted molar refractivity (Wildman–Crippen MR) is 87.4 cm³/mol. The second-order valence-corrected chi connectivity index (χ2v) is 7.12. The van der Waals surface area contributed by atoms with Gasteiger partial charge in [-0.2, -0.15) is 0 Å². The molecule has 0 N–H and O–H groups in total. The van der Waals surface area contributed by atoms with E-state index in [4.69, 9.17) is 9.31 Å². The Kier molecular flexibility index (Phi) is 3.24. The van der Waals surface area contributed by atoms with Crippen molar-refractivity contribution in [2.75, 3.05) is 0 Å². The molecule has 0 aromatic heterocycles. The highest BCUT2D eigenvalue weighted by atomic mass is 79.9. The van der Waals surface area contributed by atoms with Gasteiger partial charge >= 0.3 is 7.12 Å². The van der Waals surface area contributed by atoms with Crippen molar-refractivity contribution in [1.82, 2.24) is 0 Å². The first kappa shape index (κ1) is 14.1. The normalized spacial score (nSPS) is 20.6. The van der Waals surface area contributed by atoms with Crippen molar-refractivity contribution in [1.29, 1.82) is 0 Å². The van der Waals surface area contributed by atoms with Gasteiger partial charge in [0.1, 0.15) is 0 Å². The quantitative estimate of drug-likeness (QED) is 0.737. The molecule has 0 bridgehead atoms. The number of fused-ring (bicyclic) bond motifs is 1. The number of benzene rings is 2. The summed E-state index contributed by atoms with van der Waals surface area (Å²) >= 11 is 3.60. The fourth-order valence-corrected chi connectivity index (χ4v) is 2.97. The minimum Gasteiger partial charge on any atom is -0.399 e. The van der Waals surface area contributed by atoms with Crippen molar-refractivity contribution in [2.24, 2.45) is 0 Å². The van der Waals surface area contributed by atoms with Gasteiger partial charge in [0.25, 0.3) is 0 Å². The van der Waals surface area contributed by atoms with Crippen LogP contribution in [0.4, 0.5) is 0 Å². The third-order valence-electron chi connectivity index (χ3n) is 4.41. The molecule has 2 aromatic carbocycles. The van der Waals surface area contributed by atoms with Gasteiger partial charge in [0.15, 0.2) is 0 Å². The highest BCUT2D eigenvalue weighted by Gasteiger charge is 2.52. The molecule has 0 saturated carbocycles. The Bertz CT molecular complexity index is 651. The molecular weight excluding hydrogens is 315 g/mol. The van der Waals surface area contributed by atoms with Gasteiger partial charge in [-0.15, -0.1) is 0 Å². The Morgan fingerprint density at radius 2 is 1.40 bits per heavy atom. The van der Waals surface area contributed by atoms with Crippen molar-refractivity contribution in [3.8, 4) is 0 Å². The van der Waals surface area contributed by atoms with Gasteiger partial charge in [-0.1, -0.05) is 46.3 Å². The molecule has 1 fully saturated rings. The molecular formula is C16H18BBrO2. The van der Waals surface area contributed by atoms with E-state index in [-0.39, 0.29) is 18.3 Å². The maximum atomic E-state index is 6.16. The van der Waals surface area contributed by atoms with Crippen LogP contribution >= 0.6 is 15.9 Å². The molecule has 2 aromatic rings. The van der Waals surface area contributed by atoms with Gasteiger partial charge in [0, 0.05) is 4.47 Å². The first-order valence-electron chi connectivity index (χ1n) is 6.85. The van der Waals surface area contributed by atoms with Crippen LogP contribution in [0.25, 0.3) is 10.8 Å². The van der Waals surface area contributed by atoms with Crippen LogP contribution in [-0.4, -0.2) is 18.3 Å². The molecule has 0 aliphatic carbocycles. The van der Waals surface area contributed by atoms with Crippen molar-refractivity contribution in [3.05, 3.63) is 40.9 Å². The minimum atomic E-state index is -0.321. The summed E-state index contributed by atoms with van der Waals surface area (Å²) in [4.78, 5) is 0. The number of halogens is 1. The lowest BCUT2D eigenvalue weighted by Gasteiger charge is -2.32. The topological polar surface area (TPSA) is 18.5 Å². The predicted octanol–water partition coefficient (Wildman–Crippen LogP) is 3.90. The van der Waals surface area contributed by atoms with E-state index in [0.717, 1.165) is 9.94 Å². The number of rotatable bonds is 1. The monoisotopic (exact) mass is 332 g/mol. The highest BCUT2D eigenvalue weighted by molar-refractivity contribution is 9.10. The molecule has 1 aliphatic heterocycles. The maximum Gasteiger partial charge on any atom is 0.495 e. The zero-order valence-electron chi connectivity index (χ0n) is 12.2. The standard InChI is InChI=1S/C16H18BBrO2/c1-15(2)16(3,4)20-17(19-15)13-9-5-8-12-11(13)7-6-10-14(12)18/h5-10H,1-4H3. The van der Waals surface area contributed by atoms with Crippen LogP contribution in [0, 0.1) is 0 Å². The average Bonchev–Trinajstić information content (AvgIpc) is 2.58. The summed E-state index contributed by atoms with van der Waals surface area (Å²) in [6, 6.07) is 12.4. The van der Waals surface area contributed by atoms with Crippen LogP contribution < -0.4 is 5.46 Å². The summed E-state index contributed by atoms with van der Waals surface area (Å²) in [6.45, 7) is 8.31. The lowest BCUT2D eigenvalue weighted by atomic mass is 9.76. The van der Waals surface area contributed by atoms with Gasteiger partial charge in [0.2, 0.25) is 0 Å². The van der Waals surface area contributed by atoms with Gasteiger partial charge in [-0.05, 0) is 50.0 Å². The summed E-state index contributed by atoms with van der Waals surface area (Å²) in [5.41, 5.74) is 0.458. The first-order valence-corrected chi connectivity index (χ1v) is 7.64. The SMILES string of the molecule is CC1(C)OB(c2cccc3c(Br)cccc23)OC1(C)C. The number of hydrogen-bond acceptors (Lipinski definition) is 2. The summed E-state index contributed by atoms with van der Waals surface area (Å²) in [5, 5.41) is 2.35. The molecule has 3 rings (SSSR count). The molecule has 0 amide bonds. The maximum absolute atomic E-state index is 6.16. The molecule has 1 heterocycles. The van der Waals surface area contributed by atoms with Gasteiger partial charge in [-0.3, -0.25) is 0 Å². The smallest absolute Gasteiger partial charge is 0.399 e. The van der Waals surface area contributed by atoms with E-state index in [1.807, 2.05) is 12.1 Å². The fourth-order valence-electron chi connectivity index (χ4n) is 2.47. The zero-order chi connectivity index (χ0) is 14.5. The molecule has 20 heavy (non-hydrogen) atoms. The van der Waals surface area contributed by atoms with E-state index in [9.17, 15) is 0 Å². The molecule has 0 atom stereocenters. The van der Waals surface area contributed by atoms with Crippen LogP contribution in [0.5, 0.6) is 0 Å². The molecule has 104 valence electrons. The van der Waals surface area contributed by atoms with Crippen LogP contribution in [-0.2, 0) is 9.31 Å². The highest BCUT2D eigenvalue weighted by Crippen LogP contribution is 2.37. The largest absolute Gasteiger partial charge is 0.495 e. The van der Waals surface area contributed by atoms with E-state index in [2.05, 4.69) is 67.9 Å². The van der Waals surface area contributed by atoms with Crippen molar-refractivity contribution in [2.45, 2.75) is 38.9 Å². The van der Waals surface area contributed by atoms with Crippen molar-refractivity contribution >= 4 is 39.3 Å². The minimum absolute atomic E-state index is 0.314. The molecule has 0 spiro atoms. The summed E-state index contributed by atoms with van der Waals surface area (Å²) in [5.74, 6) is 0. The van der Waals surface area contributed by atoms with E-state index in [1.165, 1.54) is 10.8 Å². The second kappa shape index (κ2) is 4.59. The molecule has 0 radical (unpaired) electrons. The molecule has 1 saturated heterocycles. The zero-order valence-corrected chi connectivity index (χ0v) is 13.8. The Morgan fingerprint density at radius 1 is 0.850 bits per heavy atom. The lowest BCUT2D eigenvalue weighted by Crippen LogP contribution is -2.41. The van der Waals surface area contributed by atoms with E-state index in [0.29, 0.717) is 0 Å². The Labute approximate surface area is 128 Å². The fraction of sp³-hybridized carbons (Fsp3) is 0.375. The van der Waals surface area contributed by atoms with Crippen molar-refractivity contribution < 1.29 is 9.31 Å². The van der Waals surface area contributed by atoms with E-state index >= 15 is 0 Å².